The van der Waals surface area contributed by atoms with Crippen molar-refractivity contribution in [2.75, 3.05) is 11.9 Å². The number of halogens is 2. The summed E-state index contributed by atoms with van der Waals surface area (Å²) in [5.41, 5.74) is -0.153. The minimum Gasteiger partial charge on any atom is -0.377 e. The number of benzene rings is 1. The van der Waals surface area contributed by atoms with Gasteiger partial charge in [-0.3, -0.25) is 10.1 Å². The fourth-order valence-corrected chi connectivity index (χ4v) is 1.60. The highest BCUT2D eigenvalue weighted by Gasteiger charge is 2.21. The predicted molar refractivity (Wildman–Crippen MR) is 63.8 cm³/mol. The van der Waals surface area contributed by atoms with Gasteiger partial charge in [-0.05, 0) is 6.07 Å². The van der Waals surface area contributed by atoms with Crippen LogP contribution in [-0.2, 0) is 6.42 Å². The lowest BCUT2D eigenvalue weighted by Crippen LogP contribution is -2.09. The van der Waals surface area contributed by atoms with Gasteiger partial charge < -0.3 is 10.3 Å². The first kappa shape index (κ1) is 12.9. The van der Waals surface area contributed by atoms with Crippen molar-refractivity contribution in [3.63, 3.8) is 0 Å². The van der Waals surface area contributed by atoms with Crippen LogP contribution in [-0.4, -0.2) is 21.4 Å². The second kappa shape index (κ2) is 5.42. The smallest absolute Gasteiger partial charge is 0.295 e. The van der Waals surface area contributed by atoms with E-state index in [0.29, 0.717) is 6.42 Å². The number of imidazole rings is 1. The molecule has 0 spiro atoms. The Bertz CT molecular complexity index is 587. The number of rotatable bonds is 5. The van der Waals surface area contributed by atoms with Crippen LogP contribution in [0.25, 0.3) is 0 Å². The lowest BCUT2D eigenvalue weighted by atomic mass is 10.2. The van der Waals surface area contributed by atoms with Crippen molar-refractivity contribution in [3.8, 4) is 0 Å². The number of hydrogen-bond acceptors (Lipinski definition) is 4. The van der Waals surface area contributed by atoms with E-state index >= 15 is 0 Å². The number of nitro groups is 1. The van der Waals surface area contributed by atoms with E-state index in [1.807, 2.05) is 0 Å². The van der Waals surface area contributed by atoms with Crippen LogP contribution in [0.1, 0.15) is 5.69 Å². The number of aromatic nitrogens is 2. The van der Waals surface area contributed by atoms with Gasteiger partial charge in [-0.15, -0.1) is 0 Å². The number of anilines is 1. The van der Waals surface area contributed by atoms with Crippen LogP contribution >= 0.6 is 0 Å². The van der Waals surface area contributed by atoms with Gasteiger partial charge in [0.2, 0.25) is 0 Å². The molecule has 0 atom stereocenters. The van der Waals surface area contributed by atoms with E-state index in [0.717, 1.165) is 17.8 Å². The Labute approximate surface area is 106 Å². The highest BCUT2D eigenvalue weighted by Crippen LogP contribution is 2.28. The molecule has 8 heteroatoms. The SMILES string of the molecule is O=[N+]([O-])c1ccc(F)c(F)c1NCCc1cnc[nH]1. The van der Waals surface area contributed by atoms with Crippen molar-refractivity contribution >= 4 is 11.4 Å². The lowest BCUT2D eigenvalue weighted by molar-refractivity contribution is -0.384. The second-order valence-corrected chi connectivity index (χ2v) is 3.77. The lowest BCUT2D eigenvalue weighted by Gasteiger charge is -2.07. The quantitative estimate of drug-likeness (QED) is 0.643. The topological polar surface area (TPSA) is 83.8 Å². The van der Waals surface area contributed by atoms with Crippen LogP contribution in [0.4, 0.5) is 20.2 Å². The summed E-state index contributed by atoms with van der Waals surface area (Å²) in [5.74, 6) is -2.38. The van der Waals surface area contributed by atoms with E-state index in [1.54, 1.807) is 6.20 Å². The van der Waals surface area contributed by atoms with Gasteiger partial charge in [0.25, 0.3) is 5.69 Å². The monoisotopic (exact) mass is 268 g/mol. The van der Waals surface area contributed by atoms with Crippen molar-refractivity contribution in [2.45, 2.75) is 6.42 Å². The summed E-state index contributed by atoms with van der Waals surface area (Å²) >= 11 is 0. The summed E-state index contributed by atoms with van der Waals surface area (Å²) < 4.78 is 26.6. The van der Waals surface area contributed by atoms with Gasteiger partial charge in [0, 0.05) is 30.9 Å². The molecule has 0 saturated carbocycles. The first-order valence-electron chi connectivity index (χ1n) is 5.43. The predicted octanol–water partition coefficient (Wildman–Crippen LogP) is 2.25. The third-order valence-corrected chi connectivity index (χ3v) is 2.52. The first-order chi connectivity index (χ1) is 9.09. The van der Waals surface area contributed by atoms with Crippen LogP contribution in [0.3, 0.4) is 0 Å². The van der Waals surface area contributed by atoms with Gasteiger partial charge in [0.15, 0.2) is 17.3 Å². The van der Waals surface area contributed by atoms with E-state index in [-0.39, 0.29) is 6.54 Å². The third kappa shape index (κ3) is 2.84. The third-order valence-electron chi connectivity index (χ3n) is 2.52. The molecular weight excluding hydrogens is 258 g/mol. The zero-order valence-electron chi connectivity index (χ0n) is 9.69. The maximum atomic E-state index is 13.5. The molecule has 2 aromatic rings. The molecule has 0 aliphatic heterocycles. The Morgan fingerprint density at radius 3 is 2.84 bits per heavy atom. The van der Waals surface area contributed by atoms with Crippen LogP contribution in [0.2, 0.25) is 0 Å². The summed E-state index contributed by atoms with van der Waals surface area (Å²) in [6.07, 6.45) is 3.52. The minimum atomic E-state index is -1.25. The molecule has 0 radical (unpaired) electrons. The van der Waals surface area contributed by atoms with Crippen LogP contribution in [0.15, 0.2) is 24.7 Å². The largest absolute Gasteiger partial charge is 0.377 e. The molecule has 0 aliphatic rings. The average molecular weight is 268 g/mol. The molecule has 0 saturated heterocycles. The van der Waals surface area contributed by atoms with Crippen molar-refractivity contribution < 1.29 is 13.7 Å². The van der Waals surface area contributed by atoms with E-state index < -0.39 is 27.9 Å². The highest BCUT2D eigenvalue weighted by atomic mass is 19.2. The summed E-state index contributed by atoms with van der Waals surface area (Å²) in [5, 5.41) is 13.3. The number of nitrogens with zero attached hydrogens (tertiary/aromatic N) is 2. The van der Waals surface area contributed by atoms with E-state index in [1.165, 1.54) is 6.33 Å². The van der Waals surface area contributed by atoms with Crippen molar-refractivity contribution in [1.29, 1.82) is 0 Å². The van der Waals surface area contributed by atoms with Crippen LogP contribution < -0.4 is 5.32 Å². The molecule has 1 aromatic heterocycles. The molecule has 19 heavy (non-hydrogen) atoms. The van der Waals surface area contributed by atoms with Crippen molar-refractivity contribution in [3.05, 3.63) is 52.1 Å². The Morgan fingerprint density at radius 2 is 2.21 bits per heavy atom. The molecule has 0 aliphatic carbocycles. The molecule has 100 valence electrons. The first-order valence-corrected chi connectivity index (χ1v) is 5.43. The molecule has 2 rings (SSSR count). The van der Waals surface area contributed by atoms with Gasteiger partial charge in [-0.1, -0.05) is 0 Å². The number of hydrogen-bond donors (Lipinski definition) is 2. The molecule has 1 aromatic carbocycles. The Kier molecular flexibility index (Phi) is 3.69. The van der Waals surface area contributed by atoms with Gasteiger partial charge in [-0.25, -0.2) is 13.8 Å². The zero-order chi connectivity index (χ0) is 13.8. The van der Waals surface area contributed by atoms with Crippen LogP contribution in [0, 0.1) is 21.7 Å². The van der Waals surface area contributed by atoms with Crippen LogP contribution in [0.5, 0.6) is 0 Å². The Balaban J connectivity index is 2.14. The maximum absolute atomic E-state index is 13.5. The Hall–Kier alpha value is -2.51. The molecular formula is C11H10F2N4O2. The number of aromatic amines is 1. The van der Waals surface area contributed by atoms with Crippen molar-refractivity contribution in [1.82, 2.24) is 9.97 Å². The fourth-order valence-electron chi connectivity index (χ4n) is 1.60. The number of nitro benzene ring substituents is 1. The zero-order valence-corrected chi connectivity index (χ0v) is 9.69. The number of H-pyrrole nitrogens is 1. The molecule has 0 bridgehead atoms. The molecule has 0 amide bonds. The highest BCUT2D eigenvalue weighted by molar-refractivity contribution is 5.62. The van der Waals surface area contributed by atoms with Gasteiger partial charge >= 0.3 is 0 Å². The summed E-state index contributed by atoms with van der Waals surface area (Å²) in [6, 6.07) is 1.66. The standard InChI is InChI=1S/C11H10F2N4O2/c12-8-1-2-9(17(18)19)11(10(8)13)15-4-3-7-5-14-6-16-7/h1-2,5-6,15H,3-4H2,(H,14,16). The van der Waals surface area contributed by atoms with Gasteiger partial charge in [0.1, 0.15) is 0 Å². The Morgan fingerprint density at radius 1 is 1.42 bits per heavy atom. The van der Waals surface area contributed by atoms with Gasteiger partial charge in [0.05, 0.1) is 11.3 Å². The summed E-state index contributed by atoms with van der Waals surface area (Å²) in [7, 11) is 0. The minimum absolute atomic E-state index is 0.212. The average Bonchev–Trinajstić information content (AvgIpc) is 2.87. The summed E-state index contributed by atoms with van der Waals surface area (Å²) in [6.45, 7) is 0.212. The van der Waals surface area contributed by atoms with E-state index in [4.69, 9.17) is 0 Å². The normalized spacial score (nSPS) is 10.4. The molecule has 0 unspecified atom stereocenters. The summed E-state index contributed by atoms with van der Waals surface area (Å²) in [4.78, 5) is 16.6. The van der Waals surface area contributed by atoms with Gasteiger partial charge in [-0.2, -0.15) is 0 Å². The molecule has 6 nitrogen and oxygen atoms in total. The van der Waals surface area contributed by atoms with Crippen molar-refractivity contribution in [2.24, 2.45) is 0 Å². The second-order valence-electron chi connectivity index (χ2n) is 3.77. The van der Waals surface area contributed by atoms with E-state index in [9.17, 15) is 18.9 Å². The molecule has 2 N–H and O–H groups in total. The van der Waals surface area contributed by atoms with E-state index in [2.05, 4.69) is 15.3 Å². The molecule has 0 fully saturated rings. The molecule has 1 heterocycles. The fraction of sp³-hybridized carbons (Fsp3) is 0.182. The number of nitrogens with one attached hydrogen (secondary N) is 2. The maximum Gasteiger partial charge on any atom is 0.295 e.